The third-order valence-electron chi connectivity index (χ3n) is 2.01. The van der Waals surface area contributed by atoms with Gasteiger partial charge in [0.25, 0.3) is 5.91 Å². The van der Waals surface area contributed by atoms with Crippen molar-refractivity contribution in [2.24, 2.45) is 0 Å². The van der Waals surface area contributed by atoms with Gasteiger partial charge in [0, 0.05) is 18.3 Å². The minimum absolute atomic E-state index is 0.377. The summed E-state index contributed by atoms with van der Waals surface area (Å²) in [6.45, 7) is 2.29. The number of anilines is 1. The van der Waals surface area contributed by atoms with E-state index in [4.69, 9.17) is 0 Å². The van der Waals surface area contributed by atoms with E-state index in [9.17, 15) is 14.7 Å². The van der Waals surface area contributed by atoms with Crippen molar-refractivity contribution in [2.45, 2.75) is 6.92 Å². The summed E-state index contributed by atoms with van der Waals surface area (Å²) in [5, 5.41) is 10.2. The van der Waals surface area contributed by atoms with Crippen molar-refractivity contribution in [2.75, 3.05) is 11.4 Å². The summed E-state index contributed by atoms with van der Waals surface area (Å²) >= 11 is 0. The number of amides is 1. The van der Waals surface area contributed by atoms with Gasteiger partial charge in [-0.05, 0) is 25.1 Å². The Hall–Kier alpha value is -2.10. The monoisotopic (exact) mass is 218 g/mol. The fourth-order valence-corrected chi connectivity index (χ4v) is 1.30. The van der Waals surface area contributed by atoms with Crippen LogP contribution in [0.4, 0.5) is 5.69 Å². The molecule has 0 aliphatic carbocycles. The van der Waals surface area contributed by atoms with E-state index < -0.39 is 5.97 Å². The van der Waals surface area contributed by atoms with Crippen molar-refractivity contribution in [1.29, 1.82) is 0 Å². The van der Waals surface area contributed by atoms with E-state index in [0.717, 1.165) is 17.8 Å². The fourth-order valence-electron chi connectivity index (χ4n) is 1.30. The Labute approximate surface area is 93.8 Å². The zero-order valence-corrected chi connectivity index (χ0v) is 8.92. The Morgan fingerprint density at radius 1 is 1.25 bits per heavy atom. The summed E-state index contributed by atoms with van der Waals surface area (Å²) < 4.78 is 0. The molecule has 0 saturated carbocycles. The molecule has 84 valence electrons. The first-order valence-corrected chi connectivity index (χ1v) is 4.90. The normalized spacial score (nSPS) is 10.3. The van der Waals surface area contributed by atoms with Crippen LogP contribution < -0.4 is 10.0 Å². The van der Waals surface area contributed by atoms with E-state index in [1.54, 1.807) is 12.1 Å². The summed E-state index contributed by atoms with van der Waals surface area (Å²) in [5.74, 6) is -1.75. The van der Waals surface area contributed by atoms with Crippen molar-refractivity contribution in [3.63, 3.8) is 0 Å². The van der Waals surface area contributed by atoms with E-state index in [1.807, 2.05) is 25.1 Å². The zero-order chi connectivity index (χ0) is 12.0. The molecule has 4 heteroatoms. The predicted molar refractivity (Wildman–Crippen MR) is 58.6 cm³/mol. The van der Waals surface area contributed by atoms with Gasteiger partial charge in [0.1, 0.15) is 0 Å². The summed E-state index contributed by atoms with van der Waals surface area (Å²) in [5.41, 5.74) is 0.734. The number of carboxylic acid groups (broad SMARTS) is 1. The van der Waals surface area contributed by atoms with Crippen LogP contribution in [0, 0.1) is 0 Å². The molecule has 1 amide bonds. The molecule has 1 rings (SSSR count). The number of likely N-dealkylation sites (N-methyl/N-ethyl adjacent to an activating group) is 1. The molecule has 1 aromatic carbocycles. The Morgan fingerprint density at radius 3 is 2.38 bits per heavy atom. The fraction of sp³-hybridized carbons (Fsp3) is 0.167. The molecule has 0 unspecified atom stereocenters. The lowest BCUT2D eigenvalue weighted by atomic mass is 10.3. The molecule has 0 saturated heterocycles. The molecule has 0 spiro atoms. The average molecular weight is 218 g/mol. The van der Waals surface area contributed by atoms with Gasteiger partial charge in [-0.2, -0.15) is 0 Å². The molecule has 0 atom stereocenters. The van der Waals surface area contributed by atoms with E-state index in [-0.39, 0.29) is 5.91 Å². The number of hydrogen-bond donors (Lipinski definition) is 0. The standard InChI is InChI=1S/C12H13NO3/c1-2-13(10-6-4-3-5-7-10)11(14)8-9-12(15)16/h3-9H,2H2,1H3,(H,15,16)/p-1/b9-8+. The topological polar surface area (TPSA) is 60.4 Å². The summed E-state index contributed by atoms with van der Waals surface area (Å²) in [7, 11) is 0. The van der Waals surface area contributed by atoms with Crippen LogP contribution in [0.1, 0.15) is 6.92 Å². The van der Waals surface area contributed by atoms with Crippen LogP contribution in [-0.2, 0) is 9.59 Å². The Bertz CT molecular complexity index is 398. The molecule has 0 bridgehead atoms. The maximum absolute atomic E-state index is 11.6. The van der Waals surface area contributed by atoms with Crippen LogP contribution in [0.25, 0.3) is 0 Å². The van der Waals surface area contributed by atoms with Crippen LogP contribution in [0.3, 0.4) is 0 Å². The highest BCUT2D eigenvalue weighted by Gasteiger charge is 2.09. The van der Waals surface area contributed by atoms with Crippen molar-refractivity contribution in [1.82, 2.24) is 0 Å². The molecular formula is C12H12NO3-. The van der Waals surface area contributed by atoms with Crippen molar-refractivity contribution in [3.8, 4) is 0 Å². The Balaban J connectivity index is 2.83. The third-order valence-corrected chi connectivity index (χ3v) is 2.01. The molecule has 1 aromatic rings. The molecule has 16 heavy (non-hydrogen) atoms. The van der Waals surface area contributed by atoms with Gasteiger partial charge in [-0.3, -0.25) is 4.79 Å². The number of benzene rings is 1. The highest BCUT2D eigenvalue weighted by Crippen LogP contribution is 2.13. The van der Waals surface area contributed by atoms with Crippen LogP contribution in [0.2, 0.25) is 0 Å². The van der Waals surface area contributed by atoms with Gasteiger partial charge < -0.3 is 14.8 Å². The first-order chi connectivity index (χ1) is 7.65. The maximum atomic E-state index is 11.6. The minimum atomic E-state index is -1.38. The molecule has 0 radical (unpaired) electrons. The second-order valence-electron chi connectivity index (χ2n) is 3.07. The first-order valence-electron chi connectivity index (χ1n) is 4.90. The van der Waals surface area contributed by atoms with E-state index >= 15 is 0 Å². The number of carboxylic acids is 1. The van der Waals surface area contributed by atoms with Crippen molar-refractivity contribution >= 4 is 17.6 Å². The number of hydrogen-bond acceptors (Lipinski definition) is 3. The summed E-state index contributed by atoms with van der Waals surface area (Å²) in [4.78, 5) is 23.3. The number of para-hydroxylation sites is 1. The number of carbonyl (C=O) groups is 2. The third kappa shape index (κ3) is 3.24. The molecule has 0 heterocycles. The number of rotatable bonds is 4. The van der Waals surface area contributed by atoms with Gasteiger partial charge in [0.2, 0.25) is 0 Å². The summed E-state index contributed by atoms with van der Waals surface area (Å²) in [6, 6.07) is 9.04. The van der Waals surface area contributed by atoms with Crippen molar-refractivity contribution < 1.29 is 14.7 Å². The minimum Gasteiger partial charge on any atom is -0.545 e. The zero-order valence-electron chi connectivity index (χ0n) is 8.92. The van der Waals surface area contributed by atoms with Crippen LogP contribution in [-0.4, -0.2) is 18.4 Å². The summed E-state index contributed by atoms with van der Waals surface area (Å²) in [6.07, 6.45) is 1.72. The second kappa shape index (κ2) is 5.70. The SMILES string of the molecule is CCN(C(=O)/C=C/C(=O)[O-])c1ccccc1. The molecule has 0 aliphatic heterocycles. The van der Waals surface area contributed by atoms with Crippen LogP contribution in [0.15, 0.2) is 42.5 Å². The Kier molecular flexibility index (Phi) is 4.27. The van der Waals surface area contributed by atoms with Crippen LogP contribution >= 0.6 is 0 Å². The van der Waals surface area contributed by atoms with Gasteiger partial charge in [0.05, 0.1) is 5.97 Å². The van der Waals surface area contributed by atoms with E-state index in [0.29, 0.717) is 6.54 Å². The van der Waals surface area contributed by atoms with Crippen molar-refractivity contribution in [3.05, 3.63) is 42.5 Å². The van der Waals surface area contributed by atoms with Gasteiger partial charge in [-0.15, -0.1) is 0 Å². The Morgan fingerprint density at radius 2 is 1.88 bits per heavy atom. The smallest absolute Gasteiger partial charge is 0.251 e. The van der Waals surface area contributed by atoms with E-state index in [2.05, 4.69) is 0 Å². The molecule has 0 N–H and O–H groups in total. The number of carbonyl (C=O) groups excluding carboxylic acids is 2. The first kappa shape index (κ1) is 12.0. The second-order valence-corrected chi connectivity index (χ2v) is 3.07. The lowest BCUT2D eigenvalue weighted by molar-refractivity contribution is -0.297. The lowest BCUT2D eigenvalue weighted by Crippen LogP contribution is -2.29. The number of aliphatic carboxylic acids is 1. The largest absolute Gasteiger partial charge is 0.545 e. The van der Waals surface area contributed by atoms with Gasteiger partial charge >= 0.3 is 0 Å². The molecule has 0 aliphatic rings. The highest BCUT2D eigenvalue weighted by atomic mass is 16.4. The molecule has 4 nitrogen and oxygen atoms in total. The van der Waals surface area contributed by atoms with Crippen LogP contribution in [0.5, 0.6) is 0 Å². The molecule has 0 aromatic heterocycles. The van der Waals surface area contributed by atoms with Gasteiger partial charge in [0.15, 0.2) is 0 Å². The lowest BCUT2D eigenvalue weighted by Gasteiger charge is -2.19. The predicted octanol–water partition coefficient (Wildman–Crippen LogP) is 0.346. The maximum Gasteiger partial charge on any atom is 0.251 e. The van der Waals surface area contributed by atoms with E-state index in [1.165, 1.54) is 4.90 Å². The highest BCUT2D eigenvalue weighted by molar-refractivity contribution is 6.03. The molecular weight excluding hydrogens is 206 g/mol. The van der Waals surface area contributed by atoms with Gasteiger partial charge in [-0.1, -0.05) is 18.2 Å². The average Bonchev–Trinajstić information content (AvgIpc) is 2.29. The number of nitrogens with zero attached hydrogens (tertiary/aromatic N) is 1. The quantitative estimate of drug-likeness (QED) is 0.685. The van der Waals surface area contributed by atoms with Gasteiger partial charge in [-0.25, -0.2) is 0 Å². The molecule has 0 fully saturated rings.